The van der Waals surface area contributed by atoms with Crippen molar-refractivity contribution in [2.45, 2.75) is 0 Å². The second-order valence-corrected chi connectivity index (χ2v) is 4.47. The van der Waals surface area contributed by atoms with Crippen LogP contribution in [0, 0.1) is 0 Å². The summed E-state index contributed by atoms with van der Waals surface area (Å²) >= 11 is 3.44. The van der Waals surface area contributed by atoms with E-state index in [1.54, 1.807) is 26.4 Å². The molecule has 3 nitrogen and oxygen atoms in total. The zero-order valence-electron chi connectivity index (χ0n) is 10.1. The smallest absolute Gasteiger partial charge is 0.144 e. The molecule has 0 bridgehead atoms. The predicted molar refractivity (Wildman–Crippen MR) is 74.3 cm³/mol. The standard InChI is InChI=1S/C14H13BrO3/c1-17-12-8-7-10(14(18-2)13(12)15)9-5-3-4-6-11(9)16/h3-8,16H,1-2H3. The summed E-state index contributed by atoms with van der Waals surface area (Å²) in [5.41, 5.74) is 1.53. The van der Waals surface area contributed by atoms with Gasteiger partial charge in [0.25, 0.3) is 0 Å². The maximum atomic E-state index is 9.90. The van der Waals surface area contributed by atoms with Crippen LogP contribution >= 0.6 is 15.9 Å². The summed E-state index contributed by atoms with van der Waals surface area (Å²) in [5, 5.41) is 9.90. The van der Waals surface area contributed by atoms with E-state index in [1.165, 1.54) is 0 Å². The molecule has 4 heteroatoms. The summed E-state index contributed by atoms with van der Waals surface area (Å²) in [6.45, 7) is 0. The lowest BCUT2D eigenvalue weighted by Crippen LogP contribution is -1.93. The molecule has 0 fully saturated rings. The van der Waals surface area contributed by atoms with Gasteiger partial charge in [-0.25, -0.2) is 0 Å². The molecular weight excluding hydrogens is 296 g/mol. The van der Waals surface area contributed by atoms with E-state index in [-0.39, 0.29) is 5.75 Å². The second kappa shape index (κ2) is 5.31. The van der Waals surface area contributed by atoms with Crippen molar-refractivity contribution >= 4 is 15.9 Å². The Balaban J connectivity index is 2.66. The molecule has 2 rings (SSSR count). The van der Waals surface area contributed by atoms with Crippen molar-refractivity contribution in [3.63, 3.8) is 0 Å². The summed E-state index contributed by atoms with van der Waals surface area (Å²) in [6.07, 6.45) is 0. The first-order chi connectivity index (χ1) is 8.69. The number of rotatable bonds is 3. The average molecular weight is 309 g/mol. The maximum absolute atomic E-state index is 9.90. The van der Waals surface area contributed by atoms with E-state index in [4.69, 9.17) is 9.47 Å². The van der Waals surface area contributed by atoms with Crippen molar-refractivity contribution in [3.8, 4) is 28.4 Å². The highest BCUT2D eigenvalue weighted by Gasteiger charge is 2.15. The minimum absolute atomic E-state index is 0.216. The molecule has 0 aliphatic heterocycles. The minimum Gasteiger partial charge on any atom is -0.507 e. The van der Waals surface area contributed by atoms with Crippen molar-refractivity contribution in [2.75, 3.05) is 14.2 Å². The Labute approximate surface area is 114 Å². The Hall–Kier alpha value is -1.68. The summed E-state index contributed by atoms with van der Waals surface area (Å²) in [6, 6.07) is 10.8. The molecule has 18 heavy (non-hydrogen) atoms. The van der Waals surface area contributed by atoms with Crippen LogP contribution in [0.2, 0.25) is 0 Å². The fourth-order valence-corrected chi connectivity index (χ4v) is 2.48. The van der Waals surface area contributed by atoms with Gasteiger partial charge < -0.3 is 14.6 Å². The monoisotopic (exact) mass is 308 g/mol. The molecule has 0 saturated heterocycles. The van der Waals surface area contributed by atoms with Crippen LogP contribution in [-0.4, -0.2) is 19.3 Å². The SMILES string of the molecule is COc1ccc(-c2ccccc2O)c(OC)c1Br. The highest BCUT2D eigenvalue weighted by atomic mass is 79.9. The number of para-hydroxylation sites is 1. The number of hydrogen-bond donors (Lipinski definition) is 1. The Morgan fingerprint density at radius 1 is 0.944 bits per heavy atom. The fourth-order valence-electron chi connectivity index (χ4n) is 1.81. The van der Waals surface area contributed by atoms with E-state index < -0.39 is 0 Å². The van der Waals surface area contributed by atoms with Gasteiger partial charge in [0.05, 0.1) is 14.2 Å². The van der Waals surface area contributed by atoms with Crippen molar-refractivity contribution in [1.29, 1.82) is 0 Å². The van der Waals surface area contributed by atoms with Gasteiger partial charge in [0.1, 0.15) is 21.7 Å². The van der Waals surface area contributed by atoms with E-state index in [0.717, 1.165) is 15.6 Å². The number of hydrogen-bond acceptors (Lipinski definition) is 3. The van der Waals surface area contributed by atoms with Crippen molar-refractivity contribution in [1.82, 2.24) is 0 Å². The highest BCUT2D eigenvalue weighted by Crippen LogP contribution is 2.44. The predicted octanol–water partition coefficient (Wildman–Crippen LogP) is 3.84. The number of ether oxygens (including phenoxy) is 2. The number of phenols is 1. The number of halogens is 1. The first-order valence-corrected chi connectivity index (χ1v) is 6.17. The van der Waals surface area contributed by atoms with Gasteiger partial charge >= 0.3 is 0 Å². The van der Waals surface area contributed by atoms with Crippen LogP contribution in [-0.2, 0) is 0 Å². The Bertz CT molecular complexity index is 567. The molecule has 0 radical (unpaired) electrons. The van der Waals surface area contributed by atoms with Crippen molar-refractivity contribution < 1.29 is 14.6 Å². The van der Waals surface area contributed by atoms with Crippen LogP contribution in [0.3, 0.4) is 0 Å². The molecule has 1 N–H and O–H groups in total. The van der Waals surface area contributed by atoms with Crippen LogP contribution in [0.5, 0.6) is 17.2 Å². The van der Waals surface area contributed by atoms with E-state index in [9.17, 15) is 5.11 Å². The molecule has 2 aromatic rings. The zero-order valence-corrected chi connectivity index (χ0v) is 11.7. The van der Waals surface area contributed by atoms with Crippen LogP contribution in [0.25, 0.3) is 11.1 Å². The third kappa shape index (κ3) is 2.16. The highest BCUT2D eigenvalue weighted by molar-refractivity contribution is 9.10. The van der Waals surface area contributed by atoms with Gasteiger partial charge in [-0.1, -0.05) is 18.2 Å². The van der Waals surface area contributed by atoms with Gasteiger partial charge in [0, 0.05) is 11.1 Å². The molecule has 0 unspecified atom stereocenters. The Morgan fingerprint density at radius 2 is 1.67 bits per heavy atom. The third-order valence-electron chi connectivity index (χ3n) is 2.68. The molecule has 0 aliphatic carbocycles. The number of methoxy groups -OCH3 is 2. The molecule has 0 saturated carbocycles. The molecule has 94 valence electrons. The second-order valence-electron chi connectivity index (χ2n) is 3.68. The van der Waals surface area contributed by atoms with Gasteiger partial charge in [-0.2, -0.15) is 0 Å². The van der Waals surface area contributed by atoms with Crippen LogP contribution in [0.4, 0.5) is 0 Å². The molecule has 2 aromatic carbocycles. The van der Waals surface area contributed by atoms with Crippen molar-refractivity contribution in [2.24, 2.45) is 0 Å². The largest absolute Gasteiger partial charge is 0.507 e. The third-order valence-corrected chi connectivity index (χ3v) is 3.43. The molecule has 0 heterocycles. The molecule has 0 amide bonds. The normalized spacial score (nSPS) is 10.2. The van der Waals surface area contributed by atoms with E-state index in [2.05, 4.69) is 15.9 Å². The van der Waals surface area contributed by atoms with Gasteiger partial charge in [-0.15, -0.1) is 0 Å². The van der Waals surface area contributed by atoms with Crippen LogP contribution in [0.1, 0.15) is 0 Å². The van der Waals surface area contributed by atoms with Crippen molar-refractivity contribution in [3.05, 3.63) is 40.9 Å². The first kappa shape index (κ1) is 12.8. The Morgan fingerprint density at radius 3 is 2.28 bits per heavy atom. The van der Waals surface area contributed by atoms with Crippen LogP contribution < -0.4 is 9.47 Å². The lowest BCUT2D eigenvalue weighted by molar-refractivity contribution is 0.390. The summed E-state index contributed by atoms with van der Waals surface area (Å²) in [5.74, 6) is 1.54. The van der Waals surface area contributed by atoms with E-state index in [0.29, 0.717) is 11.5 Å². The van der Waals surface area contributed by atoms with Gasteiger partial charge in [-0.05, 0) is 34.1 Å². The van der Waals surface area contributed by atoms with Gasteiger partial charge in [-0.3, -0.25) is 0 Å². The van der Waals surface area contributed by atoms with Gasteiger partial charge in [0.15, 0.2) is 0 Å². The summed E-state index contributed by atoms with van der Waals surface area (Å²) < 4.78 is 11.3. The lowest BCUT2D eigenvalue weighted by Gasteiger charge is -2.14. The molecule has 0 atom stereocenters. The van der Waals surface area contributed by atoms with E-state index in [1.807, 2.05) is 24.3 Å². The summed E-state index contributed by atoms with van der Waals surface area (Å²) in [7, 11) is 3.18. The van der Waals surface area contributed by atoms with Crippen LogP contribution in [0.15, 0.2) is 40.9 Å². The molecule has 0 aromatic heterocycles. The topological polar surface area (TPSA) is 38.7 Å². The van der Waals surface area contributed by atoms with E-state index >= 15 is 0 Å². The zero-order chi connectivity index (χ0) is 13.1. The fraction of sp³-hybridized carbons (Fsp3) is 0.143. The number of phenolic OH excluding ortho intramolecular Hbond substituents is 1. The lowest BCUT2D eigenvalue weighted by atomic mass is 10.0. The van der Waals surface area contributed by atoms with Gasteiger partial charge in [0.2, 0.25) is 0 Å². The minimum atomic E-state index is 0.216. The number of benzene rings is 2. The number of aromatic hydroxyl groups is 1. The Kier molecular flexibility index (Phi) is 3.77. The quantitative estimate of drug-likeness (QED) is 0.936. The average Bonchev–Trinajstić information content (AvgIpc) is 2.39. The molecule has 0 aliphatic rings. The summed E-state index contributed by atoms with van der Waals surface area (Å²) in [4.78, 5) is 0. The molecular formula is C14H13BrO3. The first-order valence-electron chi connectivity index (χ1n) is 5.38. The molecule has 0 spiro atoms. The maximum Gasteiger partial charge on any atom is 0.144 e.